The maximum atomic E-state index is 4.94. The first-order valence-corrected chi connectivity index (χ1v) is 4.12. The molecule has 0 bridgehead atoms. The van der Waals surface area contributed by atoms with Crippen molar-refractivity contribution in [2.24, 2.45) is 0 Å². The SMILES string of the molecule is C1CCOC1.c1csnn1. The summed E-state index contributed by atoms with van der Waals surface area (Å²) in [6.45, 7) is 2.00. The Balaban J connectivity index is 0.0000001000. The van der Waals surface area contributed by atoms with E-state index in [9.17, 15) is 0 Å². The third kappa shape index (κ3) is 3.53. The van der Waals surface area contributed by atoms with Crippen LogP contribution in [-0.4, -0.2) is 22.8 Å². The fraction of sp³-hybridized carbons (Fsp3) is 0.667. The number of nitrogens with zero attached hydrogens (tertiary/aromatic N) is 2. The van der Waals surface area contributed by atoms with Crippen LogP contribution < -0.4 is 0 Å². The van der Waals surface area contributed by atoms with Gasteiger partial charge in [0.1, 0.15) is 0 Å². The Morgan fingerprint density at radius 2 is 2.10 bits per heavy atom. The summed E-state index contributed by atoms with van der Waals surface area (Å²) in [6, 6.07) is 0. The lowest BCUT2D eigenvalue weighted by Gasteiger charge is -1.76. The van der Waals surface area contributed by atoms with Gasteiger partial charge < -0.3 is 4.74 Å². The van der Waals surface area contributed by atoms with Gasteiger partial charge in [0.2, 0.25) is 0 Å². The number of ether oxygens (including phenoxy) is 1. The minimum absolute atomic E-state index is 1.00. The fourth-order valence-electron chi connectivity index (χ4n) is 0.646. The first-order valence-electron chi connectivity index (χ1n) is 3.29. The minimum atomic E-state index is 1.00. The zero-order valence-electron chi connectivity index (χ0n) is 5.69. The predicted molar refractivity (Wildman–Crippen MR) is 40.0 cm³/mol. The number of hydrogen-bond donors (Lipinski definition) is 0. The van der Waals surface area contributed by atoms with Crippen LogP contribution >= 0.6 is 11.5 Å². The van der Waals surface area contributed by atoms with Gasteiger partial charge in [-0.05, 0) is 24.4 Å². The van der Waals surface area contributed by atoms with E-state index in [1.54, 1.807) is 6.20 Å². The molecule has 0 N–H and O–H groups in total. The van der Waals surface area contributed by atoms with Crippen molar-refractivity contribution in [1.29, 1.82) is 0 Å². The standard InChI is InChI=1S/C4H8O.C2H2N2S/c1-2-4-5-3-1;1-2-5-4-3-1/h1-4H2;1-2H. The molecular formula is C6H10N2OS. The molecule has 1 aromatic rings. The highest BCUT2D eigenvalue weighted by Gasteiger charge is 1.94. The van der Waals surface area contributed by atoms with Crippen LogP contribution in [0.2, 0.25) is 0 Å². The highest BCUT2D eigenvalue weighted by Crippen LogP contribution is 1.98. The van der Waals surface area contributed by atoms with Crippen molar-refractivity contribution in [3.05, 3.63) is 11.6 Å². The van der Waals surface area contributed by atoms with Crippen molar-refractivity contribution >= 4 is 11.5 Å². The lowest BCUT2D eigenvalue weighted by atomic mass is 10.4. The van der Waals surface area contributed by atoms with Crippen molar-refractivity contribution in [2.75, 3.05) is 13.2 Å². The number of aromatic nitrogens is 2. The van der Waals surface area contributed by atoms with Crippen LogP contribution in [0, 0.1) is 0 Å². The molecule has 56 valence electrons. The Morgan fingerprint density at radius 1 is 1.30 bits per heavy atom. The molecule has 0 amide bonds. The van der Waals surface area contributed by atoms with Crippen LogP contribution in [-0.2, 0) is 4.74 Å². The van der Waals surface area contributed by atoms with Crippen molar-refractivity contribution in [2.45, 2.75) is 12.8 Å². The summed E-state index contributed by atoms with van der Waals surface area (Å²) >= 11 is 1.35. The van der Waals surface area contributed by atoms with E-state index in [1.165, 1.54) is 24.4 Å². The van der Waals surface area contributed by atoms with Crippen molar-refractivity contribution in [3.8, 4) is 0 Å². The van der Waals surface area contributed by atoms with Crippen molar-refractivity contribution < 1.29 is 4.74 Å². The zero-order valence-corrected chi connectivity index (χ0v) is 6.51. The quantitative estimate of drug-likeness (QED) is 0.571. The molecular weight excluding hydrogens is 148 g/mol. The zero-order chi connectivity index (χ0) is 7.07. The second-order valence-corrected chi connectivity index (χ2v) is 2.55. The number of hydrogen-bond acceptors (Lipinski definition) is 4. The van der Waals surface area contributed by atoms with Crippen LogP contribution in [0.15, 0.2) is 11.6 Å². The topological polar surface area (TPSA) is 35.0 Å². The number of rotatable bonds is 0. The Hall–Kier alpha value is -0.480. The fourth-order valence-corrected chi connectivity index (χ4v) is 0.919. The summed E-state index contributed by atoms with van der Waals surface area (Å²) in [4.78, 5) is 0. The average molecular weight is 158 g/mol. The van der Waals surface area contributed by atoms with Crippen LogP contribution in [0.4, 0.5) is 0 Å². The largest absolute Gasteiger partial charge is 0.381 e. The van der Waals surface area contributed by atoms with E-state index in [2.05, 4.69) is 9.59 Å². The van der Waals surface area contributed by atoms with E-state index >= 15 is 0 Å². The third-order valence-electron chi connectivity index (χ3n) is 1.11. The van der Waals surface area contributed by atoms with Gasteiger partial charge in [0.15, 0.2) is 0 Å². The van der Waals surface area contributed by atoms with Crippen LogP contribution in [0.25, 0.3) is 0 Å². The summed E-state index contributed by atoms with van der Waals surface area (Å²) in [5.41, 5.74) is 0. The first kappa shape index (κ1) is 7.63. The van der Waals surface area contributed by atoms with Gasteiger partial charge in [-0.1, -0.05) is 4.49 Å². The van der Waals surface area contributed by atoms with Gasteiger partial charge in [-0.15, -0.1) is 5.10 Å². The molecule has 1 aliphatic rings. The first-order chi connectivity index (χ1) is 5.00. The Morgan fingerprint density at radius 3 is 2.30 bits per heavy atom. The van der Waals surface area contributed by atoms with Gasteiger partial charge in [-0.25, -0.2) is 0 Å². The van der Waals surface area contributed by atoms with E-state index in [1.807, 2.05) is 5.38 Å². The van der Waals surface area contributed by atoms with E-state index < -0.39 is 0 Å². The second-order valence-electron chi connectivity index (χ2n) is 1.91. The molecule has 0 atom stereocenters. The van der Waals surface area contributed by atoms with Gasteiger partial charge in [0.25, 0.3) is 0 Å². The summed E-state index contributed by atoms with van der Waals surface area (Å²) in [7, 11) is 0. The van der Waals surface area contributed by atoms with Crippen molar-refractivity contribution in [3.63, 3.8) is 0 Å². The van der Waals surface area contributed by atoms with Gasteiger partial charge in [-0.2, -0.15) is 0 Å². The molecule has 1 saturated heterocycles. The normalized spacial score (nSPS) is 16.0. The second kappa shape index (κ2) is 5.32. The molecule has 0 spiro atoms. The molecule has 2 rings (SSSR count). The van der Waals surface area contributed by atoms with Crippen molar-refractivity contribution in [1.82, 2.24) is 9.59 Å². The monoisotopic (exact) mass is 158 g/mol. The highest BCUT2D eigenvalue weighted by atomic mass is 32.1. The molecule has 0 aliphatic carbocycles. The maximum Gasteiger partial charge on any atom is 0.0620 e. The molecule has 0 aromatic carbocycles. The summed E-state index contributed by atoms with van der Waals surface area (Å²) in [6.07, 6.45) is 4.21. The molecule has 1 fully saturated rings. The van der Waals surface area contributed by atoms with E-state index in [4.69, 9.17) is 4.74 Å². The lowest BCUT2D eigenvalue weighted by molar-refractivity contribution is 0.198. The average Bonchev–Trinajstić information content (AvgIpc) is 2.67. The van der Waals surface area contributed by atoms with E-state index in [0.717, 1.165) is 13.2 Å². The Bertz CT molecular complexity index is 115. The van der Waals surface area contributed by atoms with Crippen LogP contribution in [0.3, 0.4) is 0 Å². The van der Waals surface area contributed by atoms with Gasteiger partial charge in [-0.3, -0.25) is 0 Å². The maximum absolute atomic E-state index is 4.94. The molecule has 1 aromatic heterocycles. The molecule has 0 saturated carbocycles. The minimum Gasteiger partial charge on any atom is -0.381 e. The molecule has 1 aliphatic heterocycles. The van der Waals surface area contributed by atoms with Gasteiger partial charge in [0.05, 0.1) is 6.20 Å². The third-order valence-corrected chi connectivity index (χ3v) is 1.54. The van der Waals surface area contributed by atoms with Crippen LogP contribution in [0.5, 0.6) is 0 Å². The smallest absolute Gasteiger partial charge is 0.0620 e. The molecule has 4 heteroatoms. The van der Waals surface area contributed by atoms with Gasteiger partial charge >= 0.3 is 0 Å². The van der Waals surface area contributed by atoms with E-state index in [-0.39, 0.29) is 0 Å². The molecule has 0 radical (unpaired) electrons. The van der Waals surface area contributed by atoms with Crippen LogP contribution in [0.1, 0.15) is 12.8 Å². The molecule has 0 unspecified atom stereocenters. The summed E-state index contributed by atoms with van der Waals surface area (Å²) in [5.74, 6) is 0. The Labute approximate surface area is 64.2 Å². The molecule has 2 heterocycles. The predicted octanol–water partition coefficient (Wildman–Crippen LogP) is 1.33. The summed E-state index contributed by atoms with van der Waals surface area (Å²) in [5, 5.41) is 5.31. The molecule has 3 nitrogen and oxygen atoms in total. The Kier molecular flexibility index (Phi) is 4.05. The highest BCUT2D eigenvalue weighted by molar-refractivity contribution is 7.03. The van der Waals surface area contributed by atoms with E-state index in [0.29, 0.717) is 0 Å². The molecule has 10 heavy (non-hydrogen) atoms. The summed E-state index contributed by atoms with van der Waals surface area (Å²) < 4.78 is 8.46. The lowest BCUT2D eigenvalue weighted by Crippen LogP contribution is -1.74. The van der Waals surface area contributed by atoms with Gasteiger partial charge in [0, 0.05) is 18.6 Å².